The quantitative estimate of drug-likeness (QED) is 0.897. The third-order valence-electron chi connectivity index (χ3n) is 2.94. The monoisotopic (exact) mass is 296 g/mol. The number of rotatable bonds is 5. The van der Waals surface area contributed by atoms with Gasteiger partial charge in [0.05, 0.1) is 11.7 Å². The maximum atomic E-state index is 13.2. The van der Waals surface area contributed by atoms with E-state index in [4.69, 9.17) is 11.6 Å². The van der Waals surface area contributed by atoms with Crippen molar-refractivity contribution in [2.24, 2.45) is 0 Å². The first-order valence-electron chi connectivity index (χ1n) is 6.25. The smallest absolute Gasteiger partial charge is 0.257 e. The average molecular weight is 297 g/mol. The van der Waals surface area contributed by atoms with Crippen molar-refractivity contribution in [2.45, 2.75) is 25.9 Å². The van der Waals surface area contributed by atoms with Crippen molar-refractivity contribution in [3.05, 3.63) is 64.4 Å². The number of benzene rings is 1. The predicted octanol–water partition coefficient (Wildman–Crippen LogP) is 4.14. The van der Waals surface area contributed by atoms with E-state index in [0.29, 0.717) is 10.6 Å². The first-order valence-corrected chi connectivity index (χ1v) is 6.62. The molecule has 1 atom stereocenters. The fourth-order valence-corrected chi connectivity index (χ4v) is 2.07. The Labute approximate surface area is 121 Å². The van der Waals surface area contributed by atoms with Gasteiger partial charge in [-0.2, -0.15) is 0 Å². The number of hydrogen-bond acceptors (Lipinski definition) is 2. The SMILES string of the molecule is Cc1ccc(CNC(c2cccc(Cl)c2)C(F)F)nc1. The van der Waals surface area contributed by atoms with Crippen LogP contribution in [0.5, 0.6) is 0 Å². The van der Waals surface area contributed by atoms with Crippen molar-refractivity contribution < 1.29 is 8.78 Å². The van der Waals surface area contributed by atoms with Crippen molar-refractivity contribution >= 4 is 11.6 Å². The van der Waals surface area contributed by atoms with Gasteiger partial charge in [-0.1, -0.05) is 29.8 Å². The van der Waals surface area contributed by atoms with Gasteiger partial charge >= 0.3 is 0 Å². The fourth-order valence-electron chi connectivity index (χ4n) is 1.87. The van der Waals surface area contributed by atoms with Crippen LogP contribution in [0.25, 0.3) is 0 Å². The molecule has 1 aromatic heterocycles. The maximum absolute atomic E-state index is 13.2. The molecule has 1 unspecified atom stereocenters. The van der Waals surface area contributed by atoms with Crippen LogP contribution < -0.4 is 5.32 Å². The van der Waals surface area contributed by atoms with Crippen molar-refractivity contribution in [2.75, 3.05) is 0 Å². The number of nitrogens with zero attached hydrogens (tertiary/aromatic N) is 1. The molecule has 0 radical (unpaired) electrons. The lowest BCUT2D eigenvalue weighted by molar-refractivity contribution is 0.0973. The highest BCUT2D eigenvalue weighted by Crippen LogP contribution is 2.23. The summed E-state index contributed by atoms with van der Waals surface area (Å²) in [4.78, 5) is 4.19. The van der Waals surface area contributed by atoms with E-state index in [1.54, 1.807) is 30.5 Å². The Kier molecular flexibility index (Phi) is 5.04. The molecule has 0 bridgehead atoms. The number of aromatic nitrogens is 1. The molecule has 5 heteroatoms. The molecule has 0 aliphatic rings. The van der Waals surface area contributed by atoms with Gasteiger partial charge in [-0.25, -0.2) is 8.78 Å². The average Bonchev–Trinajstić information content (AvgIpc) is 2.41. The zero-order valence-corrected chi connectivity index (χ0v) is 11.7. The van der Waals surface area contributed by atoms with E-state index in [1.807, 2.05) is 19.1 Å². The van der Waals surface area contributed by atoms with Crippen LogP contribution in [0.2, 0.25) is 5.02 Å². The molecular weight excluding hydrogens is 282 g/mol. The molecular formula is C15H15ClF2N2. The van der Waals surface area contributed by atoms with E-state index in [1.165, 1.54) is 0 Å². The lowest BCUT2D eigenvalue weighted by Crippen LogP contribution is -2.27. The number of alkyl halides is 2. The fraction of sp³-hybridized carbons (Fsp3) is 0.267. The molecule has 0 saturated heterocycles. The zero-order chi connectivity index (χ0) is 14.5. The largest absolute Gasteiger partial charge is 0.300 e. The van der Waals surface area contributed by atoms with E-state index in [-0.39, 0.29) is 6.54 Å². The van der Waals surface area contributed by atoms with Crippen LogP contribution in [0.3, 0.4) is 0 Å². The Balaban J connectivity index is 2.08. The van der Waals surface area contributed by atoms with E-state index >= 15 is 0 Å². The Morgan fingerprint density at radius 1 is 1.25 bits per heavy atom. The summed E-state index contributed by atoms with van der Waals surface area (Å²) in [6.07, 6.45) is -0.799. The summed E-state index contributed by atoms with van der Waals surface area (Å²) in [6.45, 7) is 2.21. The molecule has 0 spiro atoms. The van der Waals surface area contributed by atoms with Gasteiger partial charge in [-0.3, -0.25) is 10.3 Å². The first-order chi connectivity index (χ1) is 9.56. The minimum Gasteiger partial charge on any atom is -0.300 e. The molecule has 1 aromatic carbocycles. The summed E-state index contributed by atoms with van der Waals surface area (Å²) in [5.74, 6) is 0. The number of hydrogen-bond donors (Lipinski definition) is 1. The predicted molar refractivity (Wildman–Crippen MR) is 76.0 cm³/mol. The Morgan fingerprint density at radius 2 is 2.05 bits per heavy atom. The molecule has 0 aliphatic heterocycles. The zero-order valence-electron chi connectivity index (χ0n) is 11.0. The molecule has 0 aliphatic carbocycles. The van der Waals surface area contributed by atoms with E-state index < -0.39 is 12.5 Å². The summed E-state index contributed by atoms with van der Waals surface area (Å²) in [5, 5.41) is 3.27. The Morgan fingerprint density at radius 3 is 2.65 bits per heavy atom. The first kappa shape index (κ1) is 14.9. The van der Waals surface area contributed by atoms with Crippen LogP contribution in [0, 0.1) is 6.92 Å². The second-order valence-corrected chi connectivity index (χ2v) is 5.01. The van der Waals surface area contributed by atoms with Crippen LogP contribution >= 0.6 is 11.6 Å². The molecule has 1 heterocycles. The van der Waals surface area contributed by atoms with Gasteiger partial charge in [0, 0.05) is 17.8 Å². The number of halogens is 3. The van der Waals surface area contributed by atoms with Crippen LogP contribution in [0.4, 0.5) is 8.78 Å². The van der Waals surface area contributed by atoms with Crippen LogP contribution in [-0.4, -0.2) is 11.4 Å². The van der Waals surface area contributed by atoms with Crippen LogP contribution in [0.15, 0.2) is 42.6 Å². The van der Waals surface area contributed by atoms with Crippen molar-refractivity contribution in [3.8, 4) is 0 Å². The highest BCUT2D eigenvalue weighted by atomic mass is 35.5. The second-order valence-electron chi connectivity index (χ2n) is 4.57. The van der Waals surface area contributed by atoms with Gasteiger partial charge in [0.2, 0.25) is 0 Å². The van der Waals surface area contributed by atoms with Gasteiger partial charge in [0.25, 0.3) is 6.43 Å². The molecule has 2 rings (SSSR count). The van der Waals surface area contributed by atoms with E-state index in [2.05, 4.69) is 10.3 Å². The molecule has 0 saturated carbocycles. The highest BCUT2D eigenvalue weighted by molar-refractivity contribution is 6.30. The molecule has 1 N–H and O–H groups in total. The topological polar surface area (TPSA) is 24.9 Å². The van der Waals surface area contributed by atoms with Crippen molar-refractivity contribution in [1.29, 1.82) is 0 Å². The second kappa shape index (κ2) is 6.77. The van der Waals surface area contributed by atoms with Gasteiger partial charge in [0.15, 0.2) is 0 Å². The van der Waals surface area contributed by atoms with Gasteiger partial charge in [-0.05, 0) is 36.2 Å². The third kappa shape index (κ3) is 3.99. The number of aryl methyl sites for hydroxylation is 1. The minimum atomic E-state index is -2.51. The highest BCUT2D eigenvalue weighted by Gasteiger charge is 2.22. The molecule has 20 heavy (non-hydrogen) atoms. The van der Waals surface area contributed by atoms with Gasteiger partial charge in [-0.15, -0.1) is 0 Å². The van der Waals surface area contributed by atoms with Crippen LogP contribution in [-0.2, 0) is 6.54 Å². The summed E-state index contributed by atoms with van der Waals surface area (Å²) < 4.78 is 26.3. The minimum absolute atomic E-state index is 0.280. The lowest BCUT2D eigenvalue weighted by Gasteiger charge is -2.18. The Bertz CT molecular complexity index is 558. The van der Waals surface area contributed by atoms with Crippen molar-refractivity contribution in [1.82, 2.24) is 10.3 Å². The molecule has 2 nitrogen and oxygen atoms in total. The lowest BCUT2D eigenvalue weighted by atomic mass is 10.1. The Hall–Kier alpha value is -1.52. The summed E-state index contributed by atoms with van der Waals surface area (Å²) in [6, 6.07) is 9.18. The number of pyridine rings is 1. The summed E-state index contributed by atoms with van der Waals surface area (Å²) in [5.41, 5.74) is 2.23. The van der Waals surface area contributed by atoms with Gasteiger partial charge < -0.3 is 0 Å². The van der Waals surface area contributed by atoms with E-state index in [9.17, 15) is 8.78 Å². The molecule has 2 aromatic rings. The summed E-state index contributed by atoms with van der Waals surface area (Å²) >= 11 is 5.84. The van der Waals surface area contributed by atoms with E-state index in [0.717, 1.165) is 11.3 Å². The van der Waals surface area contributed by atoms with Gasteiger partial charge in [0.1, 0.15) is 0 Å². The number of nitrogens with one attached hydrogen (secondary N) is 1. The van der Waals surface area contributed by atoms with Crippen LogP contribution in [0.1, 0.15) is 22.9 Å². The maximum Gasteiger partial charge on any atom is 0.257 e. The molecule has 0 fully saturated rings. The standard InChI is InChI=1S/C15H15ClF2N2/c1-10-5-6-13(19-8-10)9-20-14(15(17)18)11-3-2-4-12(16)7-11/h2-8,14-15,20H,9H2,1H3. The molecule has 0 amide bonds. The summed E-state index contributed by atoms with van der Waals surface area (Å²) in [7, 11) is 0. The molecule has 106 valence electrons. The third-order valence-corrected chi connectivity index (χ3v) is 3.17. The normalized spacial score (nSPS) is 12.7. The van der Waals surface area contributed by atoms with Crippen molar-refractivity contribution in [3.63, 3.8) is 0 Å².